The Bertz CT molecular complexity index is 1710. The van der Waals surface area contributed by atoms with E-state index in [0.29, 0.717) is 17.8 Å². The number of imidazole rings is 1. The molecule has 20 heteroatoms. The van der Waals surface area contributed by atoms with Gasteiger partial charge < -0.3 is 31.7 Å². The van der Waals surface area contributed by atoms with Crippen LogP contribution in [0.25, 0.3) is 16.9 Å². The Labute approximate surface area is 261 Å². The minimum atomic E-state index is -4.95. The number of hydrogen-bond acceptors (Lipinski definition) is 10. The van der Waals surface area contributed by atoms with Crippen molar-refractivity contribution in [2.45, 2.75) is 19.1 Å². The van der Waals surface area contributed by atoms with Crippen molar-refractivity contribution in [1.82, 2.24) is 40.1 Å². The third kappa shape index (κ3) is 8.03. The van der Waals surface area contributed by atoms with Crippen LogP contribution in [0.4, 0.5) is 33.5 Å². The zero-order chi connectivity index (χ0) is 33.4. The molecule has 0 aliphatic carbocycles. The second-order valence-corrected chi connectivity index (χ2v) is 9.71. The third-order valence-electron chi connectivity index (χ3n) is 6.16. The molecule has 0 saturated carbocycles. The Morgan fingerprint density at radius 3 is 2.61 bits per heavy atom. The van der Waals surface area contributed by atoms with Gasteiger partial charge in [0.1, 0.15) is 6.54 Å². The summed E-state index contributed by atoms with van der Waals surface area (Å²) >= 11 is 6.41. The number of nitrogens with one attached hydrogen (secondary N) is 4. The van der Waals surface area contributed by atoms with Crippen LogP contribution in [0.1, 0.15) is 16.1 Å². The molecule has 0 saturated heterocycles. The molecule has 14 nitrogen and oxygen atoms in total. The molecule has 0 aliphatic heterocycles. The first-order valence-corrected chi connectivity index (χ1v) is 13.7. The normalized spacial score (nSPS) is 11.6. The highest BCUT2D eigenvalue weighted by Gasteiger charge is 2.38. The molecule has 0 fully saturated rings. The van der Waals surface area contributed by atoms with Crippen LogP contribution in [0.3, 0.4) is 0 Å². The lowest BCUT2D eigenvalue weighted by Gasteiger charge is -2.15. The molecule has 246 valence electrons. The maximum Gasteiger partial charge on any atom is 0.435 e. The van der Waals surface area contributed by atoms with Crippen LogP contribution in [0.5, 0.6) is 5.75 Å². The number of alkyl halides is 5. The van der Waals surface area contributed by atoms with E-state index in [2.05, 4.69) is 36.3 Å². The minimum Gasteiger partial charge on any atom is -0.425 e. The van der Waals surface area contributed by atoms with E-state index in [0.717, 1.165) is 12.4 Å². The summed E-state index contributed by atoms with van der Waals surface area (Å²) in [6, 6.07) is 2.68. The summed E-state index contributed by atoms with van der Waals surface area (Å²) in [5.41, 5.74) is 3.32. The number of nitrogens with two attached hydrogens (primary N) is 1. The monoisotopic (exact) mass is 672 g/mol. The van der Waals surface area contributed by atoms with Crippen LogP contribution in [0.2, 0.25) is 5.02 Å². The first-order chi connectivity index (χ1) is 21.9. The van der Waals surface area contributed by atoms with Gasteiger partial charge in [-0.2, -0.15) is 18.3 Å². The first kappa shape index (κ1) is 34.0. The van der Waals surface area contributed by atoms with E-state index in [-0.39, 0.29) is 71.2 Å². The summed E-state index contributed by atoms with van der Waals surface area (Å²) in [4.78, 5) is 44.0. The van der Waals surface area contributed by atoms with Gasteiger partial charge in [-0.3, -0.25) is 23.5 Å². The topological polar surface area (TPSA) is 183 Å². The maximum atomic E-state index is 13.7. The molecule has 6 N–H and O–H groups in total. The van der Waals surface area contributed by atoms with E-state index in [1.165, 1.54) is 28.9 Å². The largest absolute Gasteiger partial charge is 0.435 e. The predicted octanol–water partition coefficient (Wildman–Crippen LogP) is 2.20. The van der Waals surface area contributed by atoms with Gasteiger partial charge in [0.05, 0.1) is 40.3 Å². The smallest absolute Gasteiger partial charge is 0.425 e. The standard InChI is InChI=1S/C26H26ClF5N10O4/c27-20-14(25(45)37-6-5-34-10-19(44)35-4-3-33)1-2-16(21(20)46-13-43)39-23-24-38-9-17(42(24)8-7-36-23)15-11-41(12-18(28)29)40-22(15)26(30,31)32/h1-2,7-9,11,13,18,34H,3-6,10,12,33H2,(H,35,44)(H,36,39)(H,37,45). The highest BCUT2D eigenvalue weighted by Crippen LogP contribution is 2.39. The summed E-state index contributed by atoms with van der Waals surface area (Å²) < 4.78 is 73.8. The molecule has 4 rings (SSSR count). The van der Waals surface area contributed by atoms with Gasteiger partial charge in [0.2, 0.25) is 5.91 Å². The van der Waals surface area contributed by atoms with Crippen molar-refractivity contribution in [3.05, 3.63) is 53.2 Å². The van der Waals surface area contributed by atoms with Crippen LogP contribution in [-0.2, 0) is 22.3 Å². The van der Waals surface area contributed by atoms with E-state index < -0.39 is 36.3 Å². The Morgan fingerprint density at radius 2 is 1.91 bits per heavy atom. The summed E-state index contributed by atoms with van der Waals surface area (Å²) in [7, 11) is 0. The fourth-order valence-corrected chi connectivity index (χ4v) is 4.51. The molecule has 4 aromatic rings. The Kier molecular flexibility index (Phi) is 11.0. The zero-order valence-corrected chi connectivity index (χ0v) is 24.3. The number of benzene rings is 1. The van der Waals surface area contributed by atoms with Crippen molar-refractivity contribution in [1.29, 1.82) is 0 Å². The number of hydrogen-bond donors (Lipinski definition) is 5. The number of fused-ring (bicyclic) bond motifs is 1. The molecule has 0 atom stereocenters. The molecular formula is C26H26ClF5N10O4. The highest BCUT2D eigenvalue weighted by molar-refractivity contribution is 6.36. The van der Waals surface area contributed by atoms with E-state index >= 15 is 0 Å². The fourth-order valence-electron chi connectivity index (χ4n) is 4.22. The van der Waals surface area contributed by atoms with Crippen molar-refractivity contribution >= 4 is 47.0 Å². The van der Waals surface area contributed by atoms with Gasteiger partial charge in [0, 0.05) is 44.8 Å². The zero-order valence-electron chi connectivity index (χ0n) is 23.6. The van der Waals surface area contributed by atoms with Crippen molar-refractivity contribution in [2.24, 2.45) is 5.73 Å². The first-order valence-electron chi connectivity index (χ1n) is 13.3. The van der Waals surface area contributed by atoms with Crippen LogP contribution in [0, 0.1) is 0 Å². The summed E-state index contributed by atoms with van der Waals surface area (Å²) in [5.74, 6) is -1.16. The average Bonchev–Trinajstić information content (AvgIpc) is 3.62. The molecule has 0 unspecified atom stereocenters. The summed E-state index contributed by atoms with van der Waals surface area (Å²) in [5, 5.41) is 13.9. The predicted molar refractivity (Wildman–Crippen MR) is 154 cm³/mol. The molecule has 3 heterocycles. The SMILES string of the molecule is NCCNC(=O)CNCCNC(=O)c1ccc(Nc2nccn3c(-c4cn(CC(F)F)nc4C(F)(F)F)cnc23)c(OC=O)c1Cl. The molecule has 0 aliphatic rings. The highest BCUT2D eigenvalue weighted by atomic mass is 35.5. The minimum absolute atomic E-state index is 0.00596. The third-order valence-corrected chi connectivity index (χ3v) is 6.53. The number of carbonyl (C=O) groups is 3. The number of rotatable bonds is 15. The lowest BCUT2D eigenvalue weighted by atomic mass is 10.1. The van der Waals surface area contributed by atoms with E-state index in [1.807, 2.05) is 0 Å². The van der Waals surface area contributed by atoms with E-state index in [1.54, 1.807) is 0 Å². The number of anilines is 2. The molecule has 1 aromatic carbocycles. The second-order valence-electron chi connectivity index (χ2n) is 9.33. The molecule has 0 bridgehead atoms. The van der Waals surface area contributed by atoms with Crippen molar-refractivity contribution < 1.29 is 41.1 Å². The molecular weight excluding hydrogens is 647 g/mol. The van der Waals surface area contributed by atoms with Gasteiger partial charge in [-0.25, -0.2) is 18.7 Å². The Hall–Kier alpha value is -4.88. The van der Waals surface area contributed by atoms with Gasteiger partial charge in [-0.05, 0) is 12.1 Å². The molecule has 0 spiro atoms. The van der Waals surface area contributed by atoms with Gasteiger partial charge in [-0.15, -0.1) is 0 Å². The average molecular weight is 673 g/mol. The number of ether oxygens (including phenoxy) is 1. The van der Waals surface area contributed by atoms with Gasteiger partial charge >= 0.3 is 6.18 Å². The summed E-state index contributed by atoms with van der Waals surface area (Å²) in [6.07, 6.45) is -3.42. The Balaban J connectivity index is 1.56. The van der Waals surface area contributed by atoms with Crippen molar-refractivity contribution in [3.8, 4) is 17.0 Å². The van der Waals surface area contributed by atoms with Crippen molar-refractivity contribution in [3.63, 3.8) is 0 Å². The number of halogens is 6. The lowest BCUT2D eigenvalue weighted by molar-refractivity contribution is -0.141. The van der Waals surface area contributed by atoms with Crippen LogP contribution in [-0.4, -0.2) is 81.6 Å². The maximum absolute atomic E-state index is 13.7. The van der Waals surface area contributed by atoms with Gasteiger partial charge in [0.15, 0.2) is 22.9 Å². The van der Waals surface area contributed by atoms with Crippen LogP contribution < -0.4 is 31.7 Å². The number of carbonyl (C=O) groups excluding carboxylic acids is 3. The van der Waals surface area contributed by atoms with Crippen LogP contribution >= 0.6 is 11.6 Å². The molecule has 0 radical (unpaired) electrons. The number of nitrogens with zero attached hydrogens (tertiary/aromatic N) is 5. The molecule has 3 aromatic heterocycles. The van der Waals surface area contributed by atoms with E-state index in [4.69, 9.17) is 22.1 Å². The quantitative estimate of drug-likeness (QED) is 0.0713. The Morgan fingerprint density at radius 1 is 1.13 bits per heavy atom. The van der Waals surface area contributed by atoms with Crippen LogP contribution in [0.15, 0.2) is 36.9 Å². The fraction of sp³-hybridized carbons (Fsp3) is 0.308. The summed E-state index contributed by atoms with van der Waals surface area (Å²) in [6.45, 7) is 0.0407. The number of aromatic nitrogens is 5. The second kappa shape index (κ2) is 14.9. The lowest BCUT2D eigenvalue weighted by Crippen LogP contribution is -2.39. The molecule has 46 heavy (non-hydrogen) atoms. The van der Waals surface area contributed by atoms with E-state index in [9.17, 15) is 36.3 Å². The van der Waals surface area contributed by atoms with Crippen molar-refractivity contribution in [2.75, 3.05) is 38.0 Å². The molecule has 2 amide bonds. The van der Waals surface area contributed by atoms with Gasteiger partial charge in [0.25, 0.3) is 18.8 Å². The number of amides is 2. The van der Waals surface area contributed by atoms with Gasteiger partial charge in [-0.1, -0.05) is 11.6 Å².